The van der Waals surface area contributed by atoms with Crippen LogP contribution in [0.15, 0.2) is 35.5 Å². The lowest BCUT2D eigenvalue weighted by molar-refractivity contribution is -0.141. The first kappa shape index (κ1) is 17.7. The van der Waals surface area contributed by atoms with Crippen LogP contribution in [0.4, 0.5) is 0 Å². The van der Waals surface area contributed by atoms with Gasteiger partial charge in [-0.05, 0) is 47.0 Å². The SMILES string of the molecule is C=C(C)C(C/C=C(\C)CCC=C(C)C)COC(C)=O. The van der Waals surface area contributed by atoms with Gasteiger partial charge in [0.05, 0.1) is 6.61 Å². The number of carbonyl (C=O) groups is 1. The molecule has 0 rings (SSSR count). The number of rotatable bonds is 8. The Hall–Kier alpha value is -1.31. The molecule has 0 aromatic rings. The average Bonchev–Trinajstić information content (AvgIpc) is 2.27. The molecule has 0 aromatic heterocycles. The molecular weight excluding hydrogens is 236 g/mol. The lowest BCUT2D eigenvalue weighted by Crippen LogP contribution is -2.12. The van der Waals surface area contributed by atoms with Crippen LogP contribution in [0.5, 0.6) is 0 Å². The van der Waals surface area contributed by atoms with Crippen molar-refractivity contribution in [1.29, 1.82) is 0 Å². The quantitative estimate of drug-likeness (QED) is 0.464. The summed E-state index contributed by atoms with van der Waals surface area (Å²) < 4.78 is 5.07. The molecule has 0 radical (unpaired) electrons. The smallest absolute Gasteiger partial charge is 0.302 e. The Balaban J connectivity index is 4.24. The summed E-state index contributed by atoms with van der Waals surface area (Å²) in [5.74, 6) is -0.00202. The molecule has 19 heavy (non-hydrogen) atoms. The Kier molecular flexibility index (Phi) is 8.94. The zero-order valence-corrected chi connectivity index (χ0v) is 13.1. The summed E-state index contributed by atoms with van der Waals surface area (Å²) in [6, 6.07) is 0. The van der Waals surface area contributed by atoms with E-state index in [4.69, 9.17) is 4.74 Å². The van der Waals surface area contributed by atoms with Crippen molar-refractivity contribution in [2.24, 2.45) is 5.92 Å². The maximum Gasteiger partial charge on any atom is 0.302 e. The molecule has 0 saturated heterocycles. The van der Waals surface area contributed by atoms with Gasteiger partial charge in [0, 0.05) is 12.8 Å². The van der Waals surface area contributed by atoms with Gasteiger partial charge in [-0.2, -0.15) is 0 Å². The van der Waals surface area contributed by atoms with Crippen LogP contribution in [0.2, 0.25) is 0 Å². The van der Waals surface area contributed by atoms with Crippen LogP contribution in [0, 0.1) is 5.92 Å². The Morgan fingerprint density at radius 3 is 2.26 bits per heavy atom. The molecule has 1 unspecified atom stereocenters. The minimum Gasteiger partial charge on any atom is -0.465 e. The highest BCUT2D eigenvalue weighted by atomic mass is 16.5. The summed E-state index contributed by atoms with van der Waals surface area (Å²) >= 11 is 0. The van der Waals surface area contributed by atoms with E-state index in [1.165, 1.54) is 18.1 Å². The van der Waals surface area contributed by atoms with Crippen LogP contribution < -0.4 is 0 Å². The minimum absolute atomic E-state index is 0.224. The molecule has 0 aliphatic rings. The van der Waals surface area contributed by atoms with Gasteiger partial charge in [0.2, 0.25) is 0 Å². The molecular formula is C17H28O2. The largest absolute Gasteiger partial charge is 0.465 e. The van der Waals surface area contributed by atoms with Gasteiger partial charge >= 0.3 is 5.97 Å². The molecule has 0 heterocycles. The van der Waals surface area contributed by atoms with E-state index in [1.807, 2.05) is 6.92 Å². The van der Waals surface area contributed by atoms with Crippen LogP contribution >= 0.6 is 0 Å². The zero-order chi connectivity index (χ0) is 14.8. The number of hydrogen-bond donors (Lipinski definition) is 0. The summed E-state index contributed by atoms with van der Waals surface area (Å²) in [7, 11) is 0. The second-order valence-corrected chi connectivity index (χ2v) is 5.45. The van der Waals surface area contributed by atoms with E-state index >= 15 is 0 Å². The third-order valence-electron chi connectivity index (χ3n) is 3.03. The first-order valence-electron chi connectivity index (χ1n) is 6.90. The Morgan fingerprint density at radius 1 is 1.16 bits per heavy atom. The van der Waals surface area contributed by atoms with Crippen molar-refractivity contribution in [2.75, 3.05) is 6.61 Å². The molecule has 0 saturated carbocycles. The van der Waals surface area contributed by atoms with Crippen LogP contribution in [0.1, 0.15) is 53.9 Å². The van der Waals surface area contributed by atoms with Crippen LogP contribution in [0.25, 0.3) is 0 Å². The van der Waals surface area contributed by atoms with Crippen LogP contribution in [-0.4, -0.2) is 12.6 Å². The Morgan fingerprint density at radius 2 is 1.79 bits per heavy atom. The molecule has 0 aliphatic heterocycles. The van der Waals surface area contributed by atoms with Gasteiger partial charge in [0.1, 0.15) is 0 Å². The monoisotopic (exact) mass is 264 g/mol. The van der Waals surface area contributed by atoms with E-state index in [-0.39, 0.29) is 11.9 Å². The summed E-state index contributed by atoms with van der Waals surface area (Å²) in [5.41, 5.74) is 3.81. The van der Waals surface area contributed by atoms with E-state index < -0.39 is 0 Å². The predicted octanol–water partition coefficient (Wildman–Crippen LogP) is 4.82. The van der Waals surface area contributed by atoms with Gasteiger partial charge in [0.15, 0.2) is 0 Å². The highest BCUT2D eigenvalue weighted by Gasteiger charge is 2.10. The second-order valence-electron chi connectivity index (χ2n) is 5.45. The van der Waals surface area contributed by atoms with Gasteiger partial charge in [0.25, 0.3) is 0 Å². The maximum absolute atomic E-state index is 10.8. The van der Waals surface area contributed by atoms with E-state index in [0.717, 1.165) is 24.8 Å². The van der Waals surface area contributed by atoms with Gasteiger partial charge < -0.3 is 4.74 Å². The average molecular weight is 264 g/mol. The topological polar surface area (TPSA) is 26.3 Å². The fourth-order valence-corrected chi connectivity index (χ4v) is 1.66. The van der Waals surface area contributed by atoms with Crippen molar-refractivity contribution in [3.63, 3.8) is 0 Å². The van der Waals surface area contributed by atoms with Crippen LogP contribution in [-0.2, 0) is 9.53 Å². The third-order valence-corrected chi connectivity index (χ3v) is 3.03. The lowest BCUT2D eigenvalue weighted by Gasteiger charge is -2.15. The molecule has 0 bridgehead atoms. The molecule has 0 aromatic carbocycles. The molecule has 1 atom stereocenters. The normalized spacial score (nSPS) is 12.8. The fraction of sp³-hybridized carbons (Fsp3) is 0.588. The van der Waals surface area contributed by atoms with E-state index in [1.54, 1.807) is 0 Å². The molecule has 2 heteroatoms. The summed E-state index contributed by atoms with van der Waals surface area (Å²) in [6.07, 6.45) is 7.56. The highest BCUT2D eigenvalue weighted by Crippen LogP contribution is 2.17. The van der Waals surface area contributed by atoms with Crippen molar-refractivity contribution in [3.05, 3.63) is 35.5 Å². The minimum atomic E-state index is -0.226. The van der Waals surface area contributed by atoms with E-state index in [9.17, 15) is 4.79 Å². The van der Waals surface area contributed by atoms with Crippen molar-refractivity contribution in [2.45, 2.75) is 53.9 Å². The van der Waals surface area contributed by atoms with Gasteiger partial charge in [-0.25, -0.2) is 0 Å². The molecule has 0 N–H and O–H groups in total. The fourth-order valence-electron chi connectivity index (χ4n) is 1.66. The maximum atomic E-state index is 10.8. The first-order valence-corrected chi connectivity index (χ1v) is 6.90. The van der Waals surface area contributed by atoms with Gasteiger partial charge in [-0.1, -0.05) is 35.5 Å². The van der Waals surface area contributed by atoms with Crippen LogP contribution in [0.3, 0.4) is 0 Å². The summed E-state index contributed by atoms with van der Waals surface area (Å²) in [6.45, 7) is 14.2. The summed E-state index contributed by atoms with van der Waals surface area (Å²) in [4.78, 5) is 10.8. The van der Waals surface area contributed by atoms with Crippen molar-refractivity contribution in [1.82, 2.24) is 0 Å². The molecule has 0 spiro atoms. The third kappa shape index (κ3) is 10.3. The Bertz CT molecular complexity index is 357. The molecule has 0 fully saturated rings. The molecule has 0 amide bonds. The zero-order valence-electron chi connectivity index (χ0n) is 13.1. The molecule has 0 aliphatic carbocycles. The number of esters is 1. The first-order chi connectivity index (χ1) is 8.82. The van der Waals surface area contributed by atoms with E-state index in [0.29, 0.717) is 6.61 Å². The lowest BCUT2D eigenvalue weighted by atomic mass is 9.97. The van der Waals surface area contributed by atoms with Gasteiger partial charge in [-0.3, -0.25) is 4.79 Å². The summed E-state index contributed by atoms with van der Waals surface area (Å²) in [5, 5.41) is 0. The van der Waals surface area contributed by atoms with Crippen molar-refractivity contribution >= 4 is 5.97 Å². The highest BCUT2D eigenvalue weighted by molar-refractivity contribution is 5.65. The Labute approximate surface area is 118 Å². The number of carbonyl (C=O) groups excluding carboxylic acids is 1. The van der Waals surface area contributed by atoms with E-state index in [2.05, 4.69) is 39.5 Å². The predicted molar refractivity (Wildman–Crippen MR) is 82.0 cm³/mol. The standard InChI is InChI=1S/C17H28O2/c1-13(2)8-7-9-15(5)10-11-17(14(3)4)12-19-16(6)18/h8,10,17H,3,7,9,11-12H2,1-2,4-6H3/b15-10+. The second kappa shape index (κ2) is 9.60. The van der Waals surface area contributed by atoms with Gasteiger partial charge in [-0.15, -0.1) is 0 Å². The number of allylic oxidation sites excluding steroid dienone is 4. The van der Waals surface area contributed by atoms with Crippen molar-refractivity contribution < 1.29 is 9.53 Å². The molecule has 108 valence electrons. The molecule has 2 nitrogen and oxygen atoms in total. The number of hydrogen-bond acceptors (Lipinski definition) is 2. The number of ether oxygens (including phenoxy) is 1. The van der Waals surface area contributed by atoms with Crippen molar-refractivity contribution in [3.8, 4) is 0 Å².